The van der Waals surface area contributed by atoms with E-state index in [2.05, 4.69) is 11.8 Å². The van der Waals surface area contributed by atoms with E-state index in [0.29, 0.717) is 12.1 Å². The quantitative estimate of drug-likeness (QED) is 0.668. The van der Waals surface area contributed by atoms with Gasteiger partial charge in [0.1, 0.15) is 0 Å². The fourth-order valence-corrected chi connectivity index (χ4v) is 3.22. The van der Waals surface area contributed by atoms with E-state index in [1.807, 2.05) is 13.0 Å². The average molecular weight is 291 g/mol. The van der Waals surface area contributed by atoms with Crippen molar-refractivity contribution in [2.45, 2.75) is 58.2 Å². The zero-order valence-corrected chi connectivity index (χ0v) is 12.9. The van der Waals surface area contributed by atoms with Crippen molar-refractivity contribution in [3.05, 3.63) is 39.4 Å². The highest BCUT2D eigenvalue weighted by Crippen LogP contribution is 2.26. The molecule has 0 unspecified atom stereocenters. The van der Waals surface area contributed by atoms with Crippen LogP contribution in [0.15, 0.2) is 18.2 Å². The molecular weight excluding hydrogens is 266 g/mol. The van der Waals surface area contributed by atoms with Gasteiger partial charge in [-0.1, -0.05) is 19.1 Å². The van der Waals surface area contributed by atoms with E-state index in [-0.39, 0.29) is 10.6 Å². The number of nitrogens with two attached hydrogens (primary N) is 1. The van der Waals surface area contributed by atoms with Crippen molar-refractivity contribution in [2.24, 2.45) is 5.73 Å². The lowest BCUT2D eigenvalue weighted by atomic mass is 9.90. The largest absolute Gasteiger partial charge is 0.328 e. The van der Waals surface area contributed by atoms with Gasteiger partial charge in [0.05, 0.1) is 4.92 Å². The van der Waals surface area contributed by atoms with Crippen LogP contribution >= 0.6 is 0 Å². The molecule has 0 heterocycles. The van der Waals surface area contributed by atoms with Crippen molar-refractivity contribution >= 4 is 5.69 Å². The van der Waals surface area contributed by atoms with Crippen molar-refractivity contribution in [2.75, 3.05) is 6.54 Å². The first-order valence-corrected chi connectivity index (χ1v) is 7.75. The van der Waals surface area contributed by atoms with E-state index in [9.17, 15) is 10.1 Å². The lowest BCUT2D eigenvalue weighted by Crippen LogP contribution is -2.40. The van der Waals surface area contributed by atoms with E-state index < -0.39 is 0 Å². The van der Waals surface area contributed by atoms with Crippen molar-refractivity contribution in [3.63, 3.8) is 0 Å². The second-order valence-corrected chi connectivity index (χ2v) is 5.95. The molecule has 5 heteroatoms. The Kier molecular flexibility index (Phi) is 5.31. The third-order valence-electron chi connectivity index (χ3n) is 4.65. The van der Waals surface area contributed by atoms with Crippen LogP contribution in [-0.4, -0.2) is 28.5 Å². The fourth-order valence-electron chi connectivity index (χ4n) is 3.22. The molecule has 0 aliphatic heterocycles. The molecule has 1 saturated carbocycles. The van der Waals surface area contributed by atoms with E-state index >= 15 is 0 Å². The standard InChI is InChI=1S/C16H25N3O2/c1-3-18(15-9-7-14(17)8-10-15)11-13-5-4-6-16(12(13)2)19(20)21/h4-6,14-15H,3,7-11,17H2,1-2H3. The minimum Gasteiger partial charge on any atom is -0.328 e. The van der Waals surface area contributed by atoms with Crippen LogP contribution in [0.1, 0.15) is 43.7 Å². The first kappa shape index (κ1) is 15.9. The molecule has 0 spiro atoms. The second kappa shape index (κ2) is 7.00. The SMILES string of the molecule is CCN(Cc1cccc([N+](=O)[O-])c1C)C1CCC(N)CC1. The number of rotatable bonds is 5. The number of benzene rings is 1. The first-order valence-electron chi connectivity index (χ1n) is 7.75. The lowest BCUT2D eigenvalue weighted by Gasteiger charge is -2.35. The number of hydrogen-bond acceptors (Lipinski definition) is 4. The summed E-state index contributed by atoms with van der Waals surface area (Å²) in [5.41, 5.74) is 8.03. The molecule has 0 saturated heterocycles. The summed E-state index contributed by atoms with van der Waals surface area (Å²) in [5.74, 6) is 0. The predicted molar refractivity (Wildman–Crippen MR) is 84.1 cm³/mol. The van der Waals surface area contributed by atoms with Gasteiger partial charge in [0.2, 0.25) is 0 Å². The van der Waals surface area contributed by atoms with Gasteiger partial charge in [0.15, 0.2) is 0 Å². The summed E-state index contributed by atoms with van der Waals surface area (Å²) in [4.78, 5) is 13.2. The summed E-state index contributed by atoms with van der Waals surface area (Å²) < 4.78 is 0. The molecule has 0 radical (unpaired) electrons. The zero-order chi connectivity index (χ0) is 15.4. The van der Waals surface area contributed by atoms with Gasteiger partial charge in [0.25, 0.3) is 5.69 Å². The van der Waals surface area contributed by atoms with Gasteiger partial charge in [-0.2, -0.15) is 0 Å². The summed E-state index contributed by atoms with van der Waals surface area (Å²) in [6.07, 6.45) is 4.41. The van der Waals surface area contributed by atoms with Gasteiger partial charge in [-0.25, -0.2) is 0 Å². The van der Waals surface area contributed by atoms with Crippen LogP contribution < -0.4 is 5.73 Å². The number of nitro benzene ring substituents is 1. The second-order valence-electron chi connectivity index (χ2n) is 5.95. The Morgan fingerprint density at radius 2 is 2.00 bits per heavy atom. The Balaban J connectivity index is 2.12. The van der Waals surface area contributed by atoms with Crippen LogP contribution in [0.4, 0.5) is 5.69 Å². The van der Waals surface area contributed by atoms with Gasteiger partial charge < -0.3 is 5.73 Å². The zero-order valence-electron chi connectivity index (χ0n) is 12.9. The number of nitrogens with zero attached hydrogens (tertiary/aromatic N) is 2. The summed E-state index contributed by atoms with van der Waals surface area (Å²) in [6.45, 7) is 5.74. The Bertz CT molecular complexity index is 496. The normalized spacial score (nSPS) is 22.5. The van der Waals surface area contributed by atoms with Gasteiger partial charge in [0, 0.05) is 30.3 Å². The molecule has 116 valence electrons. The van der Waals surface area contributed by atoms with Gasteiger partial charge in [-0.15, -0.1) is 0 Å². The Morgan fingerprint density at radius 1 is 1.33 bits per heavy atom. The molecule has 2 N–H and O–H groups in total. The molecule has 0 bridgehead atoms. The topological polar surface area (TPSA) is 72.4 Å². The monoisotopic (exact) mass is 291 g/mol. The molecule has 1 aliphatic carbocycles. The Morgan fingerprint density at radius 3 is 2.57 bits per heavy atom. The highest BCUT2D eigenvalue weighted by Gasteiger charge is 2.24. The lowest BCUT2D eigenvalue weighted by molar-refractivity contribution is -0.385. The number of nitro groups is 1. The molecule has 0 atom stereocenters. The molecule has 1 fully saturated rings. The van der Waals surface area contributed by atoms with E-state index in [4.69, 9.17) is 5.73 Å². The van der Waals surface area contributed by atoms with Crippen LogP contribution in [0.25, 0.3) is 0 Å². The molecular formula is C16H25N3O2. The highest BCUT2D eigenvalue weighted by atomic mass is 16.6. The molecule has 1 aliphatic rings. The summed E-state index contributed by atoms with van der Waals surface area (Å²) in [5, 5.41) is 11.0. The maximum atomic E-state index is 11.0. The maximum Gasteiger partial charge on any atom is 0.272 e. The van der Waals surface area contributed by atoms with Crippen molar-refractivity contribution in [3.8, 4) is 0 Å². The van der Waals surface area contributed by atoms with Gasteiger partial charge in [-0.05, 0) is 44.7 Å². The Hall–Kier alpha value is -1.46. The van der Waals surface area contributed by atoms with Crippen LogP contribution in [0.5, 0.6) is 0 Å². The summed E-state index contributed by atoms with van der Waals surface area (Å²) >= 11 is 0. The molecule has 5 nitrogen and oxygen atoms in total. The molecule has 1 aromatic carbocycles. The van der Waals surface area contributed by atoms with Gasteiger partial charge >= 0.3 is 0 Å². The van der Waals surface area contributed by atoms with E-state index in [1.165, 1.54) is 0 Å². The molecule has 0 amide bonds. The minimum atomic E-state index is -0.297. The van der Waals surface area contributed by atoms with Crippen LogP contribution in [0, 0.1) is 17.0 Å². The van der Waals surface area contributed by atoms with Crippen molar-refractivity contribution in [1.29, 1.82) is 0 Å². The fraction of sp³-hybridized carbons (Fsp3) is 0.625. The third-order valence-corrected chi connectivity index (χ3v) is 4.65. The minimum absolute atomic E-state index is 0.217. The smallest absolute Gasteiger partial charge is 0.272 e. The van der Waals surface area contributed by atoms with E-state index in [0.717, 1.165) is 49.9 Å². The van der Waals surface area contributed by atoms with Crippen LogP contribution in [0.3, 0.4) is 0 Å². The highest BCUT2D eigenvalue weighted by molar-refractivity contribution is 5.44. The van der Waals surface area contributed by atoms with Crippen molar-refractivity contribution in [1.82, 2.24) is 4.90 Å². The summed E-state index contributed by atoms with van der Waals surface area (Å²) in [7, 11) is 0. The molecule has 2 rings (SSSR count). The summed E-state index contributed by atoms with van der Waals surface area (Å²) in [6, 6.07) is 6.26. The third kappa shape index (κ3) is 3.80. The molecule has 1 aromatic rings. The van der Waals surface area contributed by atoms with E-state index in [1.54, 1.807) is 12.1 Å². The van der Waals surface area contributed by atoms with Crippen LogP contribution in [-0.2, 0) is 6.54 Å². The molecule has 21 heavy (non-hydrogen) atoms. The first-order chi connectivity index (χ1) is 10.0. The predicted octanol–water partition coefficient (Wildman–Crippen LogP) is 3.00. The average Bonchev–Trinajstić information content (AvgIpc) is 2.47. The number of hydrogen-bond donors (Lipinski definition) is 1. The van der Waals surface area contributed by atoms with Gasteiger partial charge in [-0.3, -0.25) is 15.0 Å². The van der Waals surface area contributed by atoms with Crippen LogP contribution in [0.2, 0.25) is 0 Å². The maximum absolute atomic E-state index is 11.0. The molecule has 0 aromatic heterocycles. The Labute approximate surface area is 126 Å². The van der Waals surface area contributed by atoms with Crippen molar-refractivity contribution < 1.29 is 4.92 Å².